The number of aliphatic hydroxyl groups is 1. The topological polar surface area (TPSA) is 20.2 Å². The molecule has 0 bridgehead atoms. The van der Waals surface area contributed by atoms with E-state index in [-0.39, 0.29) is 5.25 Å². The van der Waals surface area contributed by atoms with Crippen molar-refractivity contribution in [1.29, 1.82) is 0 Å². The molecule has 1 nitrogen and oxygen atoms in total. The first-order chi connectivity index (χ1) is 9.88. The molecule has 0 fully saturated rings. The van der Waals surface area contributed by atoms with E-state index in [0.717, 1.165) is 21.0 Å². The zero-order valence-corrected chi connectivity index (χ0v) is 14.4. The second-order valence-corrected chi connectivity index (χ2v) is 7.40. The summed E-state index contributed by atoms with van der Waals surface area (Å²) in [5, 5.41) is 11.5. The molecule has 2 aromatic rings. The third-order valence-corrected chi connectivity index (χ3v) is 5.21. The van der Waals surface area contributed by atoms with Gasteiger partial charge in [-0.2, -0.15) is 0 Å². The van der Waals surface area contributed by atoms with Gasteiger partial charge in [-0.15, -0.1) is 11.8 Å². The van der Waals surface area contributed by atoms with Gasteiger partial charge in [0, 0.05) is 15.2 Å². The van der Waals surface area contributed by atoms with Crippen molar-refractivity contribution >= 4 is 23.4 Å². The first kappa shape index (κ1) is 16.4. The van der Waals surface area contributed by atoms with Crippen LogP contribution in [0.5, 0.6) is 0 Å². The molecule has 0 unspecified atom stereocenters. The summed E-state index contributed by atoms with van der Waals surface area (Å²) in [5.41, 5.74) is 4.65. The van der Waals surface area contributed by atoms with Crippen LogP contribution in [0.15, 0.2) is 41.3 Å². The van der Waals surface area contributed by atoms with Crippen molar-refractivity contribution in [2.45, 2.75) is 43.9 Å². The minimum atomic E-state index is -0.482. The lowest BCUT2D eigenvalue weighted by Crippen LogP contribution is -2.13. The van der Waals surface area contributed by atoms with Crippen LogP contribution in [0.4, 0.5) is 0 Å². The Bertz CT molecular complexity index is 622. The molecule has 3 heteroatoms. The third kappa shape index (κ3) is 4.03. The van der Waals surface area contributed by atoms with Crippen LogP contribution in [-0.2, 0) is 0 Å². The van der Waals surface area contributed by atoms with E-state index >= 15 is 0 Å². The smallest absolute Gasteiger partial charge is 0.0912 e. The lowest BCUT2D eigenvalue weighted by molar-refractivity contribution is 0.178. The molecule has 0 aliphatic heterocycles. The van der Waals surface area contributed by atoms with Crippen molar-refractivity contribution in [2.75, 3.05) is 0 Å². The van der Waals surface area contributed by atoms with Gasteiger partial charge in [0.2, 0.25) is 0 Å². The van der Waals surface area contributed by atoms with Gasteiger partial charge >= 0.3 is 0 Å². The van der Waals surface area contributed by atoms with E-state index in [9.17, 15) is 5.11 Å². The van der Waals surface area contributed by atoms with Gasteiger partial charge in [-0.05, 0) is 67.3 Å². The summed E-state index contributed by atoms with van der Waals surface area (Å²) in [6.45, 7) is 8.30. The molecule has 2 aromatic carbocycles. The average molecular weight is 321 g/mol. The van der Waals surface area contributed by atoms with Gasteiger partial charge in [0.25, 0.3) is 0 Å². The Kier molecular flexibility index (Phi) is 5.37. The summed E-state index contributed by atoms with van der Waals surface area (Å²) in [6, 6.07) is 12.0. The molecule has 0 saturated heterocycles. The molecular formula is C18H21ClOS. The zero-order valence-electron chi connectivity index (χ0n) is 12.9. The zero-order chi connectivity index (χ0) is 15.6. The standard InChI is InChI=1S/C18H21ClOS/c1-11-9-13(3)17(10-12(11)2)18(20)14(4)21-16-7-5-15(19)6-8-16/h5-10,14,18,20H,1-4H3/t14-,18-/m1/s1. The van der Waals surface area contributed by atoms with E-state index in [0.29, 0.717) is 0 Å². The number of halogens is 1. The van der Waals surface area contributed by atoms with Gasteiger partial charge in [-0.1, -0.05) is 30.7 Å². The van der Waals surface area contributed by atoms with Gasteiger partial charge in [-0.25, -0.2) is 0 Å². The second-order valence-electron chi connectivity index (χ2n) is 5.51. The Hall–Kier alpha value is -0.960. The maximum Gasteiger partial charge on any atom is 0.0912 e. The summed E-state index contributed by atoms with van der Waals surface area (Å²) in [4.78, 5) is 1.12. The number of aliphatic hydroxyl groups excluding tert-OH is 1. The highest BCUT2D eigenvalue weighted by Gasteiger charge is 2.20. The highest BCUT2D eigenvalue weighted by molar-refractivity contribution is 8.00. The molecule has 0 saturated carbocycles. The van der Waals surface area contributed by atoms with Crippen LogP contribution in [0.1, 0.15) is 35.3 Å². The Balaban J connectivity index is 2.17. The molecular weight excluding hydrogens is 300 g/mol. The van der Waals surface area contributed by atoms with Gasteiger partial charge in [0.1, 0.15) is 0 Å². The fraction of sp³-hybridized carbons (Fsp3) is 0.333. The Morgan fingerprint density at radius 2 is 1.52 bits per heavy atom. The first-order valence-corrected chi connectivity index (χ1v) is 8.32. The molecule has 0 heterocycles. The Morgan fingerprint density at radius 1 is 0.952 bits per heavy atom. The predicted octanol–water partition coefficient (Wildman–Crippen LogP) is 5.48. The second kappa shape index (κ2) is 6.87. The van der Waals surface area contributed by atoms with Crippen molar-refractivity contribution in [3.05, 3.63) is 63.7 Å². The Labute approximate surface area is 136 Å². The molecule has 2 atom stereocenters. The minimum absolute atomic E-state index is 0.0759. The van der Waals surface area contributed by atoms with Crippen LogP contribution in [-0.4, -0.2) is 10.4 Å². The molecule has 0 spiro atoms. The molecule has 0 radical (unpaired) electrons. The van der Waals surface area contributed by atoms with Crippen LogP contribution in [0.2, 0.25) is 5.02 Å². The lowest BCUT2D eigenvalue weighted by Gasteiger charge is -2.22. The van der Waals surface area contributed by atoms with Crippen LogP contribution in [0, 0.1) is 20.8 Å². The number of thioether (sulfide) groups is 1. The van der Waals surface area contributed by atoms with Gasteiger partial charge < -0.3 is 5.11 Å². The van der Waals surface area contributed by atoms with E-state index in [1.54, 1.807) is 11.8 Å². The van der Waals surface area contributed by atoms with Crippen molar-refractivity contribution in [3.63, 3.8) is 0 Å². The average Bonchev–Trinajstić information content (AvgIpc) is 2.44. The van der Waals surface area contributed by atoms with E-state index in [2.05, 4.69) is 39.8 Å². The molecule has 0 amide bonds. The van der Waals surface area contributed by atoms with Crippen LogP contribution >= 0.6 is 23.4 Å². The molecule has 0 aromatic heterocycles. The fourth-order valence-electron chi connectivity index (χ4n) is 2.35. The quantitative estimate of drug-likeness (QED) is 0.753. The fourth-order valence-corrected chi connectivity index (χ4v) is 3.47. The van der Waals surface area contributed by atoms with Gasteiger partial charge in [0.05, 0.1) is 6.10 Å². The van der Waals surface area contributed by atoms with E-state index in [4.69, 9.17) is 11.6 Å². The predicted molar refractivity (Wildman–Crippen MR) is 92.4 cm³/mol. The number of hydrogen-bond acceptors (Lipinski definition) is 2. The van der Waals surface area contributed by atoms with Crippen LogP contribution in [0.3, 0.4) is 0 Å². The summed E-state index contributed by atoms with van der Waals surface area (Å²) in [7, 11) is 0. The van der Waals surface area contributed by atoms with Crippen molar-refractivity contribution in [2.24, 2.45) is 0 Å². The summed E-state index contributed by atoms with van der Waals surface area (Å²) < 4.78 is 0. The highest BCUT2D eigenvalue weighted by atomic mass is 35.5. The van der Waals surface area contributed by atoms with Crippen molar-refractivity contribution in [3.8, 4) is 0 Å². The minimum Gasteiger partial charge on any atom is -0.387 e. The molecule has 2 rings (SSSR count). The normalized spacial score (nSPS) is 14.0. The maximum atomic E-state index is 10.7. The van der Waals surface area contributed by atoms with Crippen LogP contribution < -0.4 is 0 Å². The summed E-state index contributed by atoms with van der Waals surface area (Å²) in [5.74, 6) is 0. The highest BCUT2D eigenvalue weighted by Crippen LogP contribution is 2.34. The van der Waals surface area contributed by atoms with Crippen LogP contribution in [0.25, 0.3) is 0 Å². The third-order valence-electron chi connectivity index (χ3n) is 3.78. The molecule has 21 heavy (non-hydrogen) atoms. The van der Waals surface area contributed by atoms with Crippen molar-refractivity contribution < 1.29 is 5.11 Å². The maximum absolute atomic E-state index is 10.7. The number of hydrogen-bond donors (Lipinski definition) is 1. The molecule has 112 valence electrons. The summed E-state index contributed by atoms with van der Waals surface area (Å²) >= 11 is 7.57. The van der Waals surface area contributed by atoms with E-state index in [1.807, 2.05) is 24.3 Å². The van der Waals surface area contributed by atoms with E-state index < -0.39 is 6.10 Å². The molecule has 1 N–H and O–H groups in total. The molecule has 0 aliphatic rings. The number of rotatable bonds is 4. The van der Waals surface area contributed by atoms with Gasteiger partial charge in [0.15, 0.2) is 0 Å². The Morgan fingerprint density at radius 3 is 2.14 bits per heavy atom. The lowest BCUT2D eigenvalue weighted by atomic mass is 9.96. The van der Waals surface area contributed by atoms with Gasteiger partial charge in [-0.3, -0.25) is 0 Å². The van der Waals surface area contributed by atoms with Crippen molar-refractivity contribution in [1.82, 2.24) is 0 Å². The number of aryl methyl sites for hydroxylation is 3. The van der Waals surface area contributed by atoms with E-state index in [1.165, 1.54) is 11.1 Å². The largest absolute Gasteiger partial charge is 0.387 e. The monoisotopic (exact) mass is 320 g/mol. The molecule has 0 aliphatic carbocycles. The summed E-state index contributed by atoms with van der Waals surface area (Å²) in [6.07, 6.45) is -0.482. The number of benzene rings is 2. The first-order valence-electron chi connectivity index (χ1n) is 7.06. The SMILES string of the molecule is Cc1cc(C)c([C@H](O)[C@@H](C)Sc2ccc(Cl)cc2)cc1C.